The van der Waals surface area contributed by atoms with Gasteiger partial charge in [-0.05, 0) is 12.1 Å². The van der Waals surface area contributed by atoms with Crippen molar-refractivity contribution in [3.05, 3.63) is 29.5 Å². The summed E-state index contributed by atoms with van der Waals surface area (Å²) in [6.45, 7) is 0. The summed E-state index contributed by atoms with van der Waals surface area (Å²) in [5.74, 6) is 0.801. The Balaban J connectivity index is 2.55. The summed E-state index contributed by atoms with van der Waals surface area (Å²) in [4.78, 5) is 4.04. The Labute approximate surface area is 92.9 Å². The fourth-order valence-electron chi connectivity index (χ4n) is 1.46. The first-order valence-electron chi connectivity index (χ1n) is 4.54. The monoisotopic (exact) mass is 222 g/mol. The number of halogens is 1. The first-order valence-corrected chi connectivity index (χ1v) is 4.92. The van der Waals surface area contributed by atoms with Crippen LogP contribution in [0.5, 0.6) is 0 Å². The topological polar surface area (TPSA) is 42.7 Å². The number of pyridine rings is 1. The molecule has 0 unspecified atom stereocenters. The third-order valence-corrected chi connectivity index (χ3v) is 2.52. The highest BCUT2D eigenvalue weighted by Crippen LogP contribution is 2.31. The van der Waals surface area contributed by atoms with E-state index in [9.17, 15) is 0 Å². The van der Waals surface area contributed by atoms with Gasteiger partial charge in [-0.1, -0.05) is 11.6 Å². The molecule has 0 aromatic carbocycles. The van der Waals surface area contributed by atoms with E-state index in [0.717, 1.165) is 17.1 Å². The van der Waals surface area contributed by atoms with Crippen molar-refractivity contribution in [2.75, 3.05) is 12.4 Å². The number of nitrogens with zero attached hydrogens (tertiary/aromatic N) is 3. The molecule has 2 heterocycles. The molecule has 0 aliphatic heterocycles. The average molecular weight is 223 g/mol. The van der Waals surface area contributed by atoms with Gasteiger partial charge in [0.1, 0.15) is 16.5 Å². The van der Waals surface area contributed by atoms with Gasteiger partial charge in [0.05, 0.1) is 0 Å². The normalized spacial score (nSPS) is 10.3. The predicted molar refractivity (Wildman–Crippen MR) is 61.0 cm³/mol. The number of hydrogen-bond donors (Lipinski definition) is 1. The van der Waals surface area contributed by atoms with Gasteiger partial charge in [-0.3, -0.25) is 9.67 Å². The second-order valence-corrected chi connectivity index (χ2v) is 3.50. The Morgan fingerprint density at radius 2 is 2.27 bits per heavy atom. The van der Waals surface area contributed by atoms with Crippen molar-refractivity contribution < 1.29 is 0 Å². The fraction of sp³-hybridized carbons (Fsp3) is 0.200. The van der Waals surface area contributed by atoms with E-state index in [4.69, 9.17) is 11.6 Å². The van der Waals surface area contributed by atoms with E-state index in [1.165, 1.54) is 0 Å². The Bertz CT molecular complexity index is 464. The van der Waals surface area contributed by atoms with Gasteiger partial charge in [0.15, 0.2) is 0 Å². The summed E-state index contributed by atoms with van der Waals surface area (Å²) in [6, 6.07) is 3.79. The maximum Gasteiger partial charge on any atom is 0.143 e. The van der Waals surface area contributed by atoms with Gasteiger partial charge < -0.3 is 5.32 Å². The summed E-state index contributed by atoms with van der Waals surface area (Å²) in [5.41, 5.74) is 1.66. The Morgan fingerprint density at radius 3 is 2.80 bits per heavy atom. The van der Waals surface area contributed by atoms with E-state index >= 15 is 0 Å². The molecule has 0 fully saturated rings. The first kappa shape index (κ1) is 9.98. The van der Waals surface area contributed by atoms with Crippen LogP contribution in [0.15, 0.2) is 24.5 Å². The molecule has 0 aliphatic rings. The maximum atomic E-state index is 6.19. The van der Waals surface area contributed by atoms with Crippen molar-refractivity contribution in [1.82, 2.24) is 14.8 Å². The van der Waals surface area contributed by atoms with E-state index in [2.05, 4.69) is 15.4 Å². The molecule has 4 nitrogen and oxygen atoms in total. The molecule has 0 radical (unpaired) electrons. The molecule has 0 atom stereocenters. The highest BCUT2D eigenvalue weighted by atomic mass is 35.5. The third-order valence-electron chi connectivity index (χ3n) is 2.16. The summed E-state index contributed by atoms with van der Waals surface area (Å²) >= 11 is 6.19. The van der Waals surface area contributed by atoms with Crippen LogP contribution in [0.3, 0.4) is 0 Å². The molecule has 0 saturated heterocycles. The number of anilines is 1. The molecule has 2 aromatic rings. The van der Waals surface area contributed by atoms with Crippen LogP contribution in [0.1, 0.15) is 0 Å². The summed E-state index contributed by atoms with van der Waals surface area (Å²) in [6.07, 6.45) is 3.47. The minimum absolute atomic E-state index is 0.619. The number of rotatable bonds is 2. The molecule has 0 aliphatic carbocycles. The number of aryl methyl sites for hydroxylation is 1. The van der Waals surface area contributed by atoms with Crippen LogP contribution >= 0.6 is 11.6 Å². The molecular weight excluding hydrogens is 212 g/mol. The molecule has 5 heteroatoms. The van der Waals surface area contributed by atoms with Crippen LogP contribution in [-0.2, 0) is 7.05 Å². The molecule has 0 bridgehead atoms. The molecule has 0 spiro atoms. The van der Waals surface area contributed by atoms with Crippen molar-refractivity contribution >= 4 is 17.4 Å². The van der Waals surface area contributed by atoms with Crippen molar-refractivity contribution in [3.8, 4) is 11.3 Å². The lowest BCUT2D eigenvalue weighted by Gasteiger charge is -1.98. The lowest BCUT2D eigenvalue weighted by atomic mass is 10.2. The van der Waals surface area contributed by atoms with Gasteiger partial charge in [-0.2, -0.15) is 5.10 Å². The number of hydrogen-bond acceptors (Lipinski definition) is 3. The van der Waals surface area contributed by atoms with Crippen LogP contribution in [0.2, 0.25) is 5.02 Å². The van der Waals surface area contributed by atoms with Crippen molar-refractivity contribution in [1.29, 1.82) is 0 Å². The molecule has 2 rings (SSSR count). The Kier molecular flexibility index (Phi) is 2.60. The molecule has 1 N–H and O–H groups in total. The van der Waals surface area contributed by atoms with E-state index < -0.39 is 0 Å². The van der Waals surface area contributed by atoms with Gasteiger partial charge in [-0.15, -0.1) is 0 Å². The Morgan fingerprint density at radius 1 is 1.47 bits per heavy atom. The minimum atomic E-state index is 0.619. The highest BCUT2D eigenvalue weighted by Gasteiger charge is 2.14. The van der Waals surface area contributed by atoms with Crippen molar-refractivity contribution in [2.45, 2.75) is 0 Å². The van der Waals surface area contributed by atoms with Crippen LogP contribution in [0.25, 0.3) is 11.3 Å². The zero-order valence-corrected chi connectivity index (χ0v) is 9.28. The van der Waals surface area contributed by atoms with Crippen molar-refractivity contribution in [2.24, 2.45) is 7.05 Å². The SMILES string of the molecule is CNc1c(Cl)c(-c2cccnc2)nn1C. The molecule has 2 aromatic heterocycles. The quantitative estimate of drug-likeness (QED) is 0.847. The molecule has 0 saturated carbocycles. The lowest BCUT2D eigenvalue weighted by Crippen LogP contribution is -1.98. The molecule has 0 amide bonds. The summed E-state index contributed by atoms with van der Waals surface area (Å²) in [7, 11) is 3.66. The maximum absolute atomic E-state index is 6.19. The van der Waals surface area contributed by atoms with E-state index in [0.29, 0.717) is 5.02 Å². The van der Waals surface area contributed by atoms with Gasteiger partial charge in [0.25, 0.3) is 0 Å². The van der Waals surface area contributed by atoms with Crippen LogP contribution in [0.4, 0.5) is 5.82 Å². The number of nitrogens with one attached hydrogen (secondary N) is 1. The van der Waals surface area contributed by atoms with Crippen LogP contribution < -0.4 is 5.32 Å². The lowest BCUT2D eigenvalue weighted by molar-refractivity contribution is 0.778. The van der Waals surface area contributed by atoms with Gasteiger partial charge in [0.2, 0.25) is 0 Å². The van der Waals surface area contributed by atoms with Gasteiger partial charge >= 0.3 is 0 Å². The van der Waals surface area contributed by atoms with E-state index in [1.807, 2.05) is 26.2 Å². The second kappa shape index (κ2) is 3.90. The molecule has 15 heavy (non-hydrogen) atoms. The second-order valence-electron chi connectivity index (χ2n) is 3.13. The highest BCUT2D eigenvalue weighted by molar-refractivity contribution is 6.35. The first-order chi connectivity index (χ1) is 7.24. The summed E-state index contributed by atoms with van der Waals surface area (Å²) in [5, 5.41) is 7.95. The largest absolute Gasteiger partial charge is 0.372 e. The van der Waals surface area contributed by atoms with Gasteiger partial charge in [0, 0.05) is 32.1 Å². The minimum Gasteiger partial charge on any atom is -0.372 e. The standard InChI is InChI=1S/C10H11ClN4/c1-12-10-8(11)9(14-15(10)2)7-4-3-5-13-6-7/h3-6,12H,1-2H3. The molecule has 78 valence electrons. The fourth-order valence-corrected chi connectivity index (χ4v) is 1.82. The van der Waals surface area contributed by atoms with E-state index in [-0.39, 0.29) is 0 Å². The Hall–Kier alpha value is -1.55. The zero-order valence-electron chi connectivity index (χ0n) is 8.53. The average Bonchev–Trinajstić information content (AvgIpc) is 2.55. The van der Waals surface area contributed by atoms with Gasteiger partial charge in [-0.25, -0.2) is 0 Å². The summed E-state index contributed by atoms with van der Waals surface area (Å²) < 4.78 is 1.71. The van der Waals surface area contributed by atoms with Crippen LogP contribution in [-0.4, -0.2) is 21.8 Å². The zero-order chi connectivity index (χ0) is 10.8. The van der Waals surface area contributed by atoms with Crippen LogP contribution in [0, 0.1) is 0 Å². The van der Waals surface area contributed by atoms with E-state index in [1.54, 1.807) is 17.1 Å². The third kappa shape index (κ3) is 1.68. The smallest absolute Gasteiger partial charge is 0.143 e. The number of aromatic nitrogens is 3. The van der Waals surface area contributed by atoms with Crippen molar-refractivity contribution in [3.63, 3.8) is 0 Å². The predicted octanol–water partition coefficient (Wildman–Crippen LogP) is 2.18. The molecular formula is C10H11ClN4.